The van der Waals surface area contributed by atoms with Gasteiger partial charge >= 0.3 is 0 Å². The fourth-order valence-electron chi connectivity index (χ4n) is 7.55. The Morgan fingerprint density at radius 1 is 0.510 bits per heavy atom. The van der Waals surface area contributed by atoms with Crippen LogP contribution in [0.3, 0.4) is 0 Å². The van der Waals surface area contributed by atoms with Gasteiger partial charge in [0.05, 0.1) is 33.5 Å². The lowest BCUT2D eigenvalue weighted by molar-refractivity contribution is 0.586. The van der Waals surface area contributed by atoms with Crippen molar-refractivity contribution in [2.75, 3.05) is 0 Å². The minimum atomic E-state index is -0.673. The number of aromatic nitrogens is 4. The van der Waals surface area contributed by atoms with Crippen molar-refractivity contribution in [3.05, 3.63) is 191 Å². The maximum atomic E-state index is 5.10. The topological polar surface area (TPSA) is 35.6 Å². The minimum absolute atomic E-state index is 0.123. The number of benzene rings is 5. The quantitative estimate of drug-likeness (QED) is 0.170. The van der Waals surface area contributed by atoms with Crippen molar-refractivity contribution >= 4 is 21.8 Å². The molecular formula is C45H40N4. The van der Waals surface area contributed by atoms with E-state index in [9.17, 15) is 0 Å². The van der Waals surface area contributed by atoms with Gasteiger partial charge in [-0.15, -0.1) is 0 Å². The summed E-state index contributed by atoms with van der Waals surface area (Å²) >= 11 is 0. The van der Waals surface area contributed by atoms with Crippen molar-refractivity contribution in [2.24, 2.45) is 0 Å². The van der Waals surface area contributed by atoms with Crippen LogP contribution in [0.1, 0.15) is 60.1 Å². The largest absolute Gasteiger partial charge is 0.309 e. The minimum Gasteiger partial charge on any atom is -0.309 e. The summed E-state index contributed by atoms with van der Waals surface area (Å²) in [6, 6.07) is 52.8. The van der Waals surface area contributed by atoms with Gasteiger partial charge in [-0.05, 0) is 90.0 Å². The number of pyridine rings is 1. The van der Waals surface area contributed by atoms with E-state index < -0.39 is 5.41 Å². The van der Waals surface area contributed by atoms with Gasteiger partial charge in [0.2, 0.25) is 0 Å². The molecule has 0 N–H and O–H groups in total. The first-order chi connectivity index (χ1) is 23.7. The number of rotatable bonds is 6. The molecule has 4 heteroatoms. The molecule has 0 aliphatic carbocycles. The number of fused-ring (bicyclic) bond motifs is 3. The molecule has 0 bridgehead atoms. The lowest BCUT2D eigenvalue weighted by atomic mass is 9.66. The molecule has 4 nitrogen and oxygen atoms in total. The van der Waals surface area contributed by atoms with Crippen LogP contribution in [0.4, 0.5) is 0 Å². The van der Waals surface area contributed by atoms with Crippen molar-refractivity contribution in [1.82, 2.24) is 19.3 Å². The van der Waals surface area contributed by atoms with Crippen LogP contribution >= 0.6 is 0 Å². The first-order valence-corrected chi connectivity index (χ1v) is 17.0. The van der Waals surface area contributed by atoms with Crippen molar-refractivity contribution < 1.29 is 0 Å². The normalized spacial score (nSPS) is 12.2. The van der Waals surface area contributed by atoms with E-state index in [2.05, 4.69) is 172 Å². The van der Waals surface area contributed by atoms with E-state index in [0.717, 1.165) is 34.0 Å². The highest BCUT2D eigenvalue weighted by Gasteiger charge is 2.40. The summed E-state index contributed by atoms with van der Waals surface area (Å²) in [7, 11) is 0. The molecule has 0 amide bonds. The molecule has 0 saturated carbocycles. The summed E-state index contributed by atoms with van der Waals surface area (Å²) in [5, 5.41) is 7.28. The molecule has 0 aliphatic rings. The predicted molar refractivity (Wildman–Crippen MR) is 202 cm³/mol. The molecule has 3 aromatic heterocycles. The van der Waals surface area contributed by atoms with Gasteiger partial charge in [0.25, 0.3) is 0 Å². The highest BCUT2D eigenvalue weighted by molar-refractivity contribution is 6.09. The standard InChI is InChI=1S/C45H40N4/c1-31-26-32(2)49(47-31)37-23-24-40-39-20-12-13-21-41(39)48(42(40)30-37)38-28-35(44(3,4)5)27-36(29-38)45(33-16-8-6-9-17-33,34-18-10-7-11-19-34)43-22-14-15-25-46-43/h6-30H,1-5H3. The summed E-state index contributed by atoms with van der Waals surface area (Å²) < 4.78 is 4.49. The highest BCUT2D eigenvalue weighted by atomic mass is 15.3. The van der Waals surface area contributed by atoms with E-state index in [1.807, 2.05) is 23.9 Å². The van der Waals surface area contributed by atoms with Gasteiger partial charge in [0.15, 0.2) is 0 Å². The van der Waals surface area contributed by atoms with Crippen LogP contribution < -0.4 is 0 Å². The van der Waals surface area contributed by atoms with Crippen LogP contribution in [0.15, 0.2) is 152 Å². The van der Waals surface area contributed by atoms with Crippen LogP contribution in [0.25, 0.3) is 33.2 Å². The Morgan fingerprint density at radius 3 is 1.78 bits per heavy atom. The lowest BCUT2D eigenvalue weighted by Gasteiger charge is -2.37. The Kier molecular flexibility index (Phi) is 7.33. The average Bonchev–Trinajstić information content (AvgIpc) is 3.64. The third-order valence-electron chi connectivity index (χ3n) is 9.85. The first-order valence-electron chi connectivity index (χ1n) is 17.0. The molecule has 5 aromatic carbocycles. The Bertz CT molecular complexity index is 2330. The Morgan fingerprint density at radius 2 is 1.14 bits per heavy atom. The van der Waals surface area contributed by atoms with E-state index in [0.29, 0.717) is 0 Å². The van der Waals surface area contributed by atoms with Gasteiger partial charge in [0.1, 0.15) is 0 Å². The average molecular weight is 637 g/mol. The Labute approximate surface area is 288 Å². The molecule has 49 heavy (non-hydrogen) atoms. The third kappa shape index (κ3) is 5.07. The van der Waals surface area contributed by atoms with E-state index in [4.69, 9.17) is 10.1 Å². The molecule has 240 valence electrons. The summed E-state index contributed by atoms with van der Waals surface area (Å²) in [4.78, 5) is 5.10. The molecule has 0 unspecified atom stereocenters. The van der Waals surface area contributed by atoms with Crippen LogP contribution in [-0.2, 0) is 10.8 Å². The molecule has 8 aromatic rings. The van der Waals surface area contributed by atoms with Gasteiger partial charge in [0, 0.05) is 28.4 Å². The van der Waals surface area contributed by atoms with Gasteiger partial charge < -0.3 is 4.57 Å². The summed E-state index contributed by atoms with van der Waals surface area (Å²) in [5.41, 5.74) is 11.6. The lowest BCUT2D eigenvalue weighted by Crippen LogP contribution is -2.32. The summed E-state index contributed by atoms with van der Waals surface area (Å²) in [6.07, 6.45) is 1.91. The molecule has 0 radical (unpaired) electrons. The fraction of sp³-hybridized carbons (Fsp3) is 0.156. The van der Waals surface area contributed by atoms with Gasteiger partial charge in [-0.2, -0.15) is 5.10 Å². The van der Waals surface area contributed by atoms with Crippen molar-refractivity contribution in [3.8, 4) is 11.4 Å². The Hall–Kier alpha value is -5.74. The van der Waals surface area contributed by atoms with Crippen LogP contribution in [0.5, 0.6) is 0 Å². The number of nitrogens with zero attached hydrogens (tertiary/aromatic N) is 4. The van der Waals surface area contributed by atoms with E-state index in [-0.39, 0.29) is 5.41 Å². The van der Waals surface area contributed by atoms with Crippen LogP contribution in [0, 0.1) is 13.8 Å². The monoisotopic (exact) mass is 636 g/mol. The third-order valence-corrected chi connectivity index (χ3v) is 9.85. The molecule has 0 atom stereocenters. The van der Waals surface area contributed by atoms with Crippen molar-refractivity contribution in [1.29, 1.82) is 0 Å². The molecular weight excluding hydrogens is 597 g/mol. The van der Waals surface area contributed by atoms with Gasteiger partial charge in [-0.25, -0.2) is 4.68 Å². The number of hydrogen-bond donors (Lipinski definition) is 0. The summed E-state index contributed by atoms with van der Waals surface area (Å²) in [6.45, 7) is 11.1. The Balaban J connectivity index is 1.51. The zero-order valence-corrected chi connectivity index (χ0v) is 28.7. The van der Waals surface area contributed by atoms with E-state index in [1.54, 1.807) is 0 Å². The maximum absolute atomic E-state index is 5.10. The SMILES string of the molecule is Cc1cc(C)n(-c2ccc3c4ccccc4n(-c4cc(C(C)(C)C)cc(C(c5ccccc5)(c5ccccc5)c5ccccn5)c4)c3c2)n1. The van der Waals surface area contributed by atoms with Crippen molar-refractivity contribution in [3.63, 3.8) is 0 Å². The predicted octanol–water partition coefficient (Wildman–Crippen LogP) is 10.7. The molecule has 0 aliphatic heterocycles. The molecule has 8 rings (SSSR count). The first kappa shape index (κ1) is 30.6. The highest BCUT2D eigenvalue weighted by Crippen LogP contribution is 2.46. The number of aryl methyl sites for hydroxylation is 2. The van der Waals surface area contributed by atoms with E-state index in [1.165, 1.54) is 38.5 Å². The zero-order chi connectivity index (χ0) is 33.8. The zero-order valence-electron chi connectivity index (χ0n) is 28.7. The fourth-order valence-corrected chi connectivity index (χ4v) is 7.55. The maximum Gasteiger partial charge on any atom is 0.0874 e. The second-order valence-electron chi connectivity index (χ2n) is 14.1. The van der Waals surface area contributed by atoms with E-state index >= 15 is 0 Å². The second-order valence-corrected chi connectivity index (χ2v) is 14.1. The smallest absolute Gasteiger partial charge is 0.0874 e. The van der Waals surface area contributed by atoms with Gasteiger partial charge in [-0.1, -0.05) is 118 Å². The second kappa shape index (κ2) is 11.7. The molecule has 0 fully saturated rings. The summed E-state index contributed by atoms with van der Waals surface area (Å²) in [5.74, 6) is 0. The molecule has 3 heterocycles. The molecule has 0 spiro atoms. The number of para-hydroxylation sites is 1. The van der Waals surface area contributed by atoms with Crippen LogP contribution in [-0.4, -0.2) is 19.3 Å². The van der Waals surface area contributed by atoms with Crippen molar-refractivity contribution in [2.45, 2.75) is 45.4 Å². The number of hydrogen-bond acceptors (Lipinski definition) is 2. The van der Waals surface area contributed by atoms with Crippen LogP contribution in [0.2, 0.25) is 0 Å². The van der Waals surface area contributed by atoms with Gasteiger partial charge in [-0.3, -0.25) is 4.98 Å². The molecule has 0 saturated heterocycles.